The van der Waals surface area contributed by atoms with Crippen molar-refractivity contribution in [2.75, 3.05) is 13.1 Å². The van der Waals surface area contributed by atoms with Crippen LogP contribution in [0.25, 0.3) is 0 Å². The molecular weight excluding hydrogens is 222 g/mol. The molecule has 2 atom stereocenters. The standard InChI is InChI=1S/C12H15NO4/c14-9-3-1-8(2-4-9)5-12(17)13-6-10(15)11(16)7-13/h1-4,10-11,14-16H,5-7H2/t10-,11+. The van der Waals surface area contributed by atoms with E-state index in [1.807, 2.05) is 0 Å². The SMILES string of the molecule is O=C(Cc1ccc(O)cc1)N1C[C@@H](O)[C@@H](O)C1. The maximum atomic E-state index is 11.8. The van der Waals surface area contributed by atoms with Crippen LogP contribution < -0.4 is 0 Å². The second-order valence-electron chi connectivity index (χ2n) is 4.28. The van der Waals surface area contributed by atoms with Gasteiger partial charge in [-0.1, -0.05) is 12.1 Å². The molecule has 92 valence electrons. The minimum absolute atomic E-state index is 0.133. The Balaban J connectivity index is 1.96. The number of carbonyl (C=O) groups is 1. The lowest BCUT2D eigenvalue weighted by Gasteiger charge is -2.15. The van der Waals surface area contributed by atoms with Crippen LogP contribution in [0.2, 0.25) is 0 Å². The second-order valence-corrected chi connectivity index (χ2v) is 4.28. The van der Waals surface area contributed by atoms with Crippen molar-refractivity contribution in [1.82, 2.24) is 4.90 Å². The van der Waals surface area contributed by atoms with E-state index >= 15 is 0 Å². The average molecular weight is 237 g/mol. The predicted molar refractivity (Wildman–Crippen MR) is 60.4 cm³/mol. The highest BCUT2D eigenvalue weighted by molar-refractivity contribution is 5.79. The molecule has 5 nitrogen and oxygen atoms in total. The summed E-state index contributed by atoms with van der Waals surface area (Å²) in [6, 6.07) is 6.40. The summed E-state index contributed by atoms with van der Waals surface area (Å²) in [4.78, 5) is 13.3. The molecule has 17 heavy (non-hydrogen) atoms. The third-order valence-corrected chi connectivity index (χ3v) is 2.90. The minimum Gasteiger partial charge on any atom is -0.508 e. The monoisotopic (exact) mass is 237 g/mol. The zero-order chi connectivity index (χ0) is 12.4. The van der Waals surface area contributed by atoms with Gasteiger partial charge in [-0.2, -0.15) is 0 Å². The van der Waals surface area contributed by atoms with Gasteiger partial charge in [0.1, 0.15) is 5.75 Å². The van der Waals surface area contributed by atoms with Crippen LogP contribution >= 0.6 is 0 Å². The fourth-order valence-corrected chi connectivity index (χ4v) is 1.87. The van der Waals surface area contributed by atoms with E-state index in [0.29, 0.717) is 0 Å². The van der Waals surface area contributed by atoms with Crippen LogP contribution in [-0.4, -0.2) is 51.4 Å². The van der Waals surface area contributed by atoms with E-state index in [1.165, 1.54) is 17.0 Å². The van der Waals surface area contributed by atoms with Crippen LogP contribution in [0.5, 0.6) is 5.75 Å². The molecule has 1 aromatic rings. The van der Waals surface area contributed by atoms with Gasteiger partial charge in [-0.25, -0.2) is 0 Å². The molecule has 0 saturated carbocycles. The second kappa shape index (κ2) is 4.73. The normalized spacial score (nSPS) is 24.0. The van der Waals surface area contributed by atoms with E-state index in [9.17, 15) is 15.0 Å². The van der Waals surface area contributed by atoms with Crippen LogP contribution in [0.1, 0.15) is 5.56 Å². The van der Waals surface area contributed by atoms with Gasteiger partial charge in [-0.05, 0) is 17.7 Å². The fraction of sp³-hybridized carbons (Fsp3) is 0.417. The van der Waals surface area contributed by atoms with Gasteiger partial charge in [-0.15, -0.1) is 0 Å². The molecule has 1 aliphatic heterocycles. The summed E-state index contributed by atoms with van der Waals surface area (Å²) in [5.41, 5.74) is 0.795. The number of likely N-dealkylation sites (tertiary alicyclic amines) is 1. The lowest BCUT2D eigenvalue weighted by molar-refractivity contribution is -0.129. The highest BCUT2D eigenvalue weighted by Crippen LogP contribution is 2.14. The zero-order valence-electron chi connectivity index (χ0n) is 9.28. The lowest BCUT2D eigenvalue weighted by atomic mass is 10.1. The summed E-state index contributed by atoms with van der Waals surface area (Å²) >= 11 is 0. The first-order chi connectivity index (χ1) is 8.06. The molecule has 0 aromatic heterocycles. The van der Waals surface area contributed by atoms with Crippen molar-refractivity contribution < 1.29 is 20.1 Å². The Morgan fingerprint density at radius 1 is 1.18 bits per heavy atom. The number of phenols is 1. The van der Waals surface area contributed by atoms with Crippen LogP contribution in [0.15, 0.2) is 24.3 Å². The van der Waals surface area contributed by atoms with Gasteiger partial charge in [0.2, 0.25) is 5.91 Å². The summed E-state index contributed by atoms with van der Waals surface area (Å²) in [7, 11) is 0. The Morgan fingerprint density at radius 2 is 1.71 bits per heavy atom. The molecule has 0 radical (unpaired) electrons. The van der Waals surface area contributed by atoms with Crippen molar-refractivity contribution in [1.29, 1.82) is 0 Å². The highest BCUT2D eigenvalue weighted by atomic mass is 16.3. The molecule has 0 spiro atoms. The van der Waals surface area contributed by atoms with E-state index in [2.05, 4.69) is 0 Å². The van der Waals surface area contributed by atoms with Crippen molar-refractivity contribution in [3.63, 3.8) is 0 Å². The van der Waals surface area contributed by atoms with E-state index in [0.717, 1.165) is 5.56 Å². The van der Waals surface area contributed by atoms with Crippen LogP contribution in [-0.2, 0) is 11.2 Å². The Morgan fingerprint density at radius 3 is 2.24 bits per heavy atom. The van der Waals surface area contributed by atoms with Gasteiger partial charge >= 0.3 is 0 Å². The Kier molecular flexibility index (Phi) is 3.31. The van der Waals surface area contributed by atoms with Gasteiger partial charge in [0, 0.05) is 13.1 Å². The minimum atomic E-state index is -0.848. The summed E-state index contributed by atoms with van der Waals surface area (Å²) in [6.07, 6.45) is -1.49. The number of benzene rings is 1. The molecule has 1 amide bonds. The van der Waals surface area contributed by atoms with E-state index in [4.69, 9.17) is 5.11 Å². The number of phenolic OH excluding ortho intramolecular Hbond substituents is 1. The zero-order valence-corrected chi connectivity index (χ0v) is 9.28. The molecule has 1 saturated heterocycles. The largest absolute Gasteiger partial charge is 0.508 e. The van der Waals surface area contributed by atoms with Crippen molar-refractivity contribution >= 4 is 5.91 Å². The average Bonchev–Trinajstić information content (AvgIpc) is 2.63. The van der Waals surface area contributed by atoms with Crippen molar-refractivity contribution in [2.45, 2.75) is 18.6 Å². The number of aromatic hydroxyl groups is 1. The lowest BCUT2D eigenvalue weighted by Crippen LogP contribution is -2.31. The van der Waals surface area contributed by atoms with Gasteiger partial charge in [0.05, 0.1) is 18.6 Å². The van der Waals surface area contributed by atoms with Gasteiger partial charge in [-0.3, -0.25) is 4.79 Å². The number of rotatable bonds is 2. The van der Waals surface area contributed by atoms with Gasteiger partial charge in [0.25, 0.3) is 0 Å². The number of nitrogens with zero attached hydrogens (tertiary/aromatic N) is 1. The maximum Gasteiger partial charge on any atom is 0.227 e. The van der Waals surface area contributed by atoms with Crippen LogP contribution in [0.3, 0.4) is 0 Å². The maximum absolute atomic E-state index is 11.8. The quantitative estimate of drug-likeness (QED) is 0.647. The molecule has 5 heteroatoms. The molecule has 3 N–H and O–H groups in total. The number of aliphatic hydroxyl groups excluding tert-OH is 2. The number of β-amino-alcohol motifs (C(OH)–C–C–N with tert-alkyl or cyclic N) is 2. The Bertz CT molecular complexity index is 393. The highest BCUT2D eigenvalue weighted by Gasteiger charge is 2.32. The van der Waals surface area contributed by atoms with E-state index in [-0.39, 0.29) is 31.2 Å². The number of hydrogen-bond donors (Lipinski definition) is 3. The molecule has 1 heterocycles. The third kappa shape index (κ3) is 2.75. The van der Waals surface area contributed by atoms with Crippen molar-refractivity contribution in [3.8, 4) is 5.75 Å². The molecule has 2 rings (SSSR count). The fourth-order valence-electron chi connectivity index (χ4n) is 1.87. The third-order valence-electron chi connectivity index (χ3n) is 2.90. The number of carbonyl (C=O) groups excluding carboxylic acids is 1. The van der Waals surface area contributed by atoms with E-state index in [1.54, 1.807) is 12.1 Å². The van der Waals surface area contributed by atoms with Crippen molar-refractivity contribution in [3.05, 3.63) is 29.8 Å². The topological polar surface area (TPSA) is 81.0 Å². The van der Waals surface area contributed by atoms with Crippen molar-refractivity contribution in [2.24, 2.45) is 0 Å². The molecule has 0 bridgehead atoms. The Labute approximate surface area is 98.9 Å². The predicted octanol–water partition coefficient (Wildman–Crippen LogP) is -0.501. The van der Waals surface area contributed by atoms with Crippen LogP contribution in [0, 0.1) is 0 Å². The summed E-state index contributed by atoms with van der Waals surface area (Å²) in [5.74, 6) is 0.0273. The summed E-state index contributed by atoms with van der Waals surface area (Å²) in [5, 5.41) is 27.8. The van der Waals surface area contributed by atoms with Gasteiger partial charge in [0.15, 0.2) is 0 Å². The first-order valence-corrected chi connectivity index (χ1v) is 5.48. The van der Waals surface area contributed by atoms with E-state index < -0.39 is 12.2 Å². The first-order valence-electron chi connectivity index (χ1n) is 5.48. The number of aliphatic hydroxyl groups is 2. The molecule has 1 fully saturated rings. The molecular formula is C12H15NO4. The number of hydrogen-bond acceptors (Lipinski definition) is 4. The molecule has 0 aliphatic carbocycles. The Hall–Kier alpha value is -1.59. The van der Waals surface area contributed by atoms with Crippen LogP contribution in [0.4, 0.5) is 0 Å². The molecule has 0 unspecified atom stereocenters. The summed E-state index contributed by atoms with van der Waals surface area (Å²) < 4.78 is 0. The molecule has 1 aliphatic rings. The van der Waals surface area contributed by atoms with Gasteiger partial charge < -0.3 is 20.2 Å². The first kappa shape index (κ1) is 11.9. The summed E-state index contributed by atoms with van der Waals surface area (Å²) in [6.45, 7) is 0.357. The number of amides is 1. The molecule has 1 aromatic carbocycles. The smallest absolute Gasteiger partial charge is 0.227 e.